The minimum Gasteiger partial charge on any atom is -0.423 e. The van der Waals surface area contributed by atoms with Crippen LogP contribution in [0.1, 0.15) is 6.42 Å². The Kier molecular flexibility index (Phi) is 2.71. The molecular weight excluding hydrogens is 239 g/mol. The van der Waals surface area contributed by atoms with Gasteiger partial charge in [-0.25, -0.2) is 9.37 Å². The number of carbonyl (C=O) groups excluding carboxylic acids is 1. The smallest absolute Gasteiger partial charge is 0.316 e. The highest BCUT2D eigenvalue weighted by molar-refractivity contribution is 5.80. The van der Waals surface area contributed by atoms with Crippen LogP contribution in [0.5, 0.6) is 5.75 Å². The maximum absolute atomic E-state index is 14.0. The van der Waals surface area contributed by atoms with Gasteiger partial charge in [-0.05, 0) is 18.6 Å². The van der Waals surface area contributed by atoms with Gasteiger partial charge in [-0.3, -0.25) is 4.79 Å². The topological polar surface area (TPSA) is 64.2 Å². The zero-order valence-electron chi connectivity index (χ0n) is 9.48. The van der Waals surface area contributed by atoms with Crippen molar-refractivity contribution in [3.8, 4) is 5.75 Å². The van der Waals surface area contributed by atoms with E-state index < -0.39 is 11.8 Å². The molecule has 2 heterocycles. The Morgan fingerprint density at radius 2 is 2.44 bits per heavy atom. The first kappa shape index (κ1) is 11.2. The van der Waals surface area contributed by atoms with Gasteiger partial charge in [-0.15, -0.1) is 0 Å². The monoisotopic (exact) mass is 250 g/mol. The lowest BCUT2D eigenvalue weighted by atomic mass is 10.1. The maximum Gasteiger partial charge on any atom is 0.316 e. The molecule has 2 aromatic rings. The van der Waals surface area contributed by atoms with Gasteiger partial charge in [-0.2, -0.15) is 0 Å². The van der Waals surface area contributed by atoms with Crippen LogP contribution >= 0.6 is 0 Å². The standard InChI is InChI=1S/C12H11FN2O3/c13-10-9(2-1-8-11(10)15-6-14-8)18-12(16)7-3-4-17-5-7/h1-2,6-7H,3-5H2,(H,14,15). The SMILES string of the molecule is O=C(Oc1ccc2nc[nH]c2c1F)C1CCOC1. The first-order valence-corrected chi connectivity index (χ1v) is 5.67. The summed E-state index contributed by atoms with van der Waals surface area (Å²) in [4.78, 5) is 18.3. The minimum atomic E-state index is -0.600. The van der Waals surface area contributed by atoms with Crippen LogP contribution in [0.25, 0.3) is 11.0 Å². The third kappa shape index (κ3) is 1.84. The highest BCUT2D eigenvalue weighted by Crippen LogP contribution is 2.25. The number of fused-ring (bicyclic) bond motifs is 1. The molecule has 0 aliphatic carbocycles. The van der Waals surface area contributed by atoms with Crippen molar-refractivity contribution in [1.29, 1.82) is 0 Å². The van der Waals surface area contributed by atoms with Crippen LogP contribution in [0.4, 0.5) is 4.39 Å². The Bertz CT molecular complexity index is 590. The van der Waals surface area contributed by atoms with Crippen molar-refractivity contribution in [2.45, 2.75) is 6.42 Å². The average Bonchev–Trinajstić information content (AvgIpc) is 3.02. The highest BCUT2D eigenvalue weighted by atomic mass is 19.1. The molecule has 0 spiro atoms. The third-order valence-corrected chi connectivity index (χ3v) is 2.97. The number of rotatable bonds is 2. The summed E-state index contributed by atoms with van der Waals surface area (Å²) in [5.41, 5.74) is 0.736. The van der Waals surface area contributed by atoms with Gasteiger partial charge < -0.3 is 14.5 Å². The highest BCUT2D eigenvalue weighted by Gasteiger charge is 2.26. The summed E-state index contributed by atoms with van der Waals surface area (Å²) in [5.74, 6) is -1.44. The van der Waals surface area contributed by atoms with Gasteiger partial charge in [0.05, 0.1) is 24.4 Å². The molecule has 5 nitrogen and oxygen atoms in total. The molecule has 1 saturated heterocycles. The number of imidazole rings is 1. The molecule has 0 amide bonds. The number of nitrogens with one attached hydrogen (secondary N) is 1. The van der Waals surface area contributed by atoms with Gasteiger partial charge in [-0.1, -0.05) is 0 Å². The number of aromatic nitrogens is 2. The van der Waals surface area contributed by atoms with Crippen molar-refractivity contribution in [2.75, 3.05) is 13.2 Å². The number of benzene rings is 1. The van der Waals surface area contributed by atoms with Gasteiger partial charge in [0.2, 0.25) is 0 Å². The Hall–Kier alpha value is -1.95. The number of carbonyl (C=O) groups is 1. The van der Waals surface area contributed by atoms with Gasteiger partial charge >= 0.3 is 5.97 Å². The second-order valence-corrected chi connectivity index (χ2v) is 4.16. The predicted molar refractivity (Wildman–Crippen MR) is 60.6 cm³/mol. The second kappa shape index (κ2) is 4.38. The van der Waals surface area contributed by atoms with Crippen LogP contribution in [0.15, 0.2) is 18.5 Å². The minimum absolute atomic E-state index is 0.0800. The second-order valence-electron chi connectivity index (χ2n) is 4.16. The molecule has 1 aromatic heterocycles. The van der Waals surface area contributed by atoms with Gasteiger partial charge in [0.1, 0.15) is 5.52 Å². The van der Waals surface area contributed by atoms with Crippen molar-refractivity contribution in [1.82, 2.24) is 9.97 Å². The molecule has 1 aliphatic rings. The van der Waals surface area contributed by atoms with Crippen molar-refractivity contribution in [2.24, 2.45) is 5.92 Å². The molecule has 1 unspecified atom stereocenters. The summed E-state index contributed by atoms with van der Waals surface area (Å²) in [6, 6.07) is 3.01. The van der Waals surface area contributed by atoms with Crippen LogP contribution in [-0.2, 0) is 9.53 Å². The van der Waals surface area contributed by atoms with E-state index in [0.29, 0.717) is 25.2 Å². The van der Waals surface area contributed by atoms with Crippen molar-refractivity contribution < 1.29 is 18.7 Å². The molecule has 6 heteroatoms. The largest absolute Gasteiger partial charge is 0.423 e. The lowest BCUT2D eigenvalue weighted by Gasteiger charge is -2.09. The Morgan fingerprint density at radius 3 is 3.22 bits per heavy atom. The zero-order chi connectivity index (χ0) is 12.5. The van der Waals surface area contributed by atoms with Crippen LogP contribution in [0, 0.1) is 11.7 Å². The third-order valence-electron chi connectivity index (χ3n) is 2.97. The number of esters is 1. The quantitative estimate of drug-likeness (QED) is 0.650. The lowest BCUT2D eigenvalue weighted by Crippen LogP contribution is -2.21. The van der Waals surface area contributed by atoms with E-state index in [4.69, 9.17) is 9.47 Å². The molecule has 0 saturated carbocycles. The molecule has 94 valence electrons. The van der Waals surface area contributed by atoms with E-state index in [1.807, 2.05) is 0 Å². The van der Waals surface area contributed by atoms with E-state index in [2.05, 4.69) is 9.97 Å². The fraction of sp³-hybridized carbons (Fsp3) is 0.333. The average molecular weight is 250 g/mol. The first-order valence-electron chi connectivity index (χ1n) is 5.67. The number of halogens is 1. The van der Waals surface area contributed by atoms with E-state index in [1.54, 1.807) is 6.07 Å². The van der Waals surface area contributed by atoms with E-state index in [1.165, 1.54) is 12.4 Å². The lowest BCUT2D eigenvalue weighted by molar-refractivity contribution is -0.139. The Labute approximate surface area is 102 Å². The van der Waals surface area contributed by atoms with Crippen molar-refractivity contribution in [3.63, 3.8) is 0 Å². The van der Waals surface area contributed by atoms with Crippen molar-refractivity contribution in [3.05, 3.63) is 24.3 Å². The van der Waals surface area contributed by atoms with Gasteiger partial charge in [0.25, 0.3) is 0 Å². The number of H-pyrrole nitrogens is 1. The van der Waals surface area contributed by atoms with Gasteiger partial charge in [0.15, 0.2) is 11.6 Å². The Morgan fingerprint density at radius 1 is 1.56 bits per heavy atom. The van der Waals surface area contributed by atoms with Crippen LogP contribution in [0.2, 0.25) is 0 Å². The zero-order valence-corrected chi connectivity index (χ0v) is 9.48. The van der Waals surface area contributed by atoms with E-state index in [-0.39, 0.29) is 17.2 Å². The number of ether oxygens (including phenoxy) is 2. The molecule has 1 aliphatic heterocycles. The van der Waals surface area contributed by atoms with E-state index >= 15 is 0 Å². The van der Waals surface area contributed by atoms with Crippen molar-refractivity contribution >= 4 is 17.0 Å². The maximum atomic E-state index is 14.0. The van der Waals surface area contributed by atoms with Crippen LogP contribution in [-0.4, -0.2) is 29.2 Å². The molecule has 3 rings (SSSR count). The molecule has 1 atom stereocenters. The van der Waals surface area contributed by atoms with Crippen LogP contribution in [0.3, 0.4) is 0 Å². The summed E-state index contributed by atoms with van der Waals surface area (Å²) >= 11 is 0. The Balaban J connectivity index is 1.85. The van der Waals surface area contributed by atoms with E-state index in [9.17, 15) is 9.18 Å². The van der Waals surface area contributed by atoms with Gasteiger partial charge in [0, 0.05) is 6.61 Å². The summed E-state index contributed by atoms with van der Waals surface area (Å²) in [7, 11) is 0. The normalized spacial score (nSPS) is 19.3. The summed E-state index contributed by atoms with van der Waals surface area (Å²) < 4.78 is 24.1. The molecule has 0 bridgehead atoms. The first-order chi connectivity index (χ1) is 8.75. The molecule has 18 heavy (non-hydrogen) atoms. The fourth-order valence-electron chi connectivity index (χ4n) is 1.95. The summed E-state index contributed by atoms with van der Waals surface area (Å²) in [6.07, 6.45) is 2.01. The molecule has 1 fully saturated rings. The fourth-order valence-corrected chi connectivity index (χ4v) is 1.95. The van der Waals surface area contributed by atoms with Crippen LogP contribution < -0.4 is 4.74 Å². The number of hydrogen-bond donors (Lipinski definition) is 1. The predicted octanol–water partition coefficient (Wildman–Crippen LogP) is 1.64. The molecule has 1 aromatic carbocycles. The summed E-state index contributed by atoms with van der Waals surface area (Å²) in [5, 5.41) is 0. The number of hydrogen-bond acceptors (Lipinski definition) is 4. The number of aromatic amines is 1. The molecular formula is C12H11FN2O3. The summed E-state index contributed by atoms with van der Waals surface area (Å²) in [6.45, 7) is 0.884. The molecule has 1 N–H and O–H groups in total. The van der Waals surface area contributed by atoms with E-state index in [0.717, 1.165) is 0 Å². The molecule has 0 radical (unpaired) electrons. The number of nitrogens with zero attached hydrogens (tertiary/aromatic N) is 1.